The first kappa shape index (κ1) is 18.6. The van der Waals surface area contributed by atoms with Crippen molar-refractivity contribution in [2.75, 3.05) is 0 Å². The molecule has 0 unspecified atom stereocenters. The van der Waals surface area contributed by atoms with Crippen LogP contribution in [-0.2, 0) is 0 Å². The first-order chi connectivity index (χ1) is 13.5. The maximum Gasteiger partial charge on any atom is 0.324 e. The van der Waals surface area contributed by atoms with E-state index in [9.17, 15) is 19.7 Å². The molecule has 0 aliphatic heterocycles. The molecule has 28 heavy (non-hydrogen) atoms. The average Bonchev–Trinajstić information content (AvgIpc) is 2.71. The second-order valence-corrected chi connectivity index (χ2v) is 7.76. The first-order valence-electron chi connectivity index (χ1n) is 9.30. The van der Waals surface area contributed by atoms with Crippen molar-refractivity contribution in [1.82, 2.24) is 0 Å². The van der Waals surface area contributed by atoms with Gasteiger partial charge in [0.15, 0.2) is 5.78 Å². The van der Waals surface area contributed by atoms with Crippen molar-refractivity contribution < 1.29 is 14.5 Å². The van der Waals surface area contributed by atoms with Crippen LogP contribution >= 0.6 is 11.6 Å². The molecule has 1 saturated carbocycles. The minimum Gasteiger partial charge on any atom is -0.289 e. The molecule has 6 heteroatoms. The second-order valence-electron chi connectivity index (χ2n) is 7.32. The van der Waals surface area contributed by atoms with E-state index in [0.717, 1.165) is 12.8 Å². The van der Waals surface area contributed by atoms with Crippen molar-refractivity contribution in [2.45, 2.75) is 31.6 Å². The van der Waals surface area contributed by atoms with E-state index in [2.05, 4.69) is 0 Å². The van der Waals surface area contributed by atoms with Gasteiger partial charge in [0, 0.05) is 16.1 Å². The molecule has 2 aliphatic rings. The van der Waals surface area contributed by atoms with Gasteiger partial charge < -0.3 is 0 Å². The highest BCUT2D eigenvalue weighted by Gasteiger charge is 2.43. The molecular formula is C22H18ClNO4. The minimum absolute atomic E-state index is 0.0863. The zero-order valence-electron chi connectivity index (χ0n) is 15.1. The summed E-state index contributed by atoms with van der Waals surface area (Å²) in [5.41, 5.74) is 1.12. The Balaban J connectivity index is 1.63. The van der Waals surface area contributed by atoms with Gasteiger partial charge in [0.25, 0.3) is 5.78 Å². The third-order valence-electron chi connectivity index (χ3n) is 5.79. The van der Waals surface area contributed by atoms with Crippen LogP contribution in [0.5, 0.6) is 0 Å². The van der Waals surface area contributed by atoms with Crippen LogP contribution in [0.4, 0.5) is 0 Å². The van der Waals surface area contributed by atoms with Crippen molar-refractivity contribution in [2.24, 2.45) is 5.92 Å². The van der Waals surface area contributed by atoms with E-state index in [4.69, 9.17) is 11.6 Å². The van der Waals surface area contributed by atoms with Crippen LogP contribution in [0.25, 0.3) is 0 Å². The number of rotatable bonds is 3. The van der Waals surface area contributed by atoms with E-state index < -0.39 is 16.4 Å². The Kier molecular flexibility index (Phi) is 4.85. The Hall–Kier alpha value is -2.79. The monoisotopic (exact) mass is 395 g/mol. The van der Waals surface area contributed by atoms with Crippen LogP contribution in [0.3, 0.4) is 0 Å². The van der Waals surface area contributed by atoms with Crippen LogP contribution in [0.1, 0.15) is 57.9 Å². The molecule has 1 fully saturated rings. The molecule has 0 heterocycles. The third-order valence-corrected chi connectivity index (χ3v) is 6.04. The fraction of sp³-hybridized carbons (Fsp3) is 0.273. The van der Waals surface area contributed by atoms with Crippen LogP contribution in [-0.4, -0.2) is 16.5 Å². The third kappa shape index (κ3) is 3.16. The summed E-state index contributed by atoms with van der Waals surface area (Å²) < 4.78 is 0. The average molecular weight is 396 g/mol. The second kappa shape index (κ2) is 7.32. The number of halogens is 1. The van der Waals surface area contributed by atoms with E-state index >= 15 is 0 Å². The summed E-state index contributed by atoms with van der Waals surface area (Å²) in [6, 6.07) is 14.1. The zero-order valence-corrected chi connectivity index (χ0v) is 15.8. The predicted octanol–water partition coefficient (Wildman–Crippen LogP) is 5.22. The largest absolute Gasteiger partial charge is 0.324 e. The van der Waals surface area contributed by atoms with Gasteiger partial charge in [-0.25, -0.2) is 0 Å². The minimum atomic E-state index is -0.684. The van der Waals surface area contributed by atoms with E-state index in [1.807, 2.05) is 24.3 Å². The lowest BCUT2D eigenvalue weighted by molar-refractivity contribution is -0.418. The Morgan fingerprint density at radius 2 is 1.36 bits per heavy atom. The van der Waals surface area contributed by atoms with Crippen molar-refractivity contribution in [3.63, 3.8) is 0 Å². The van der Waals surface area contributed by atoms with Gasteiger partial charge >= 0.3 is 5.70 Å². The Labute approximate surface area is 167 Å². The molecule has 2 aliphatic carbocycles. The molecule has 0 atom stereocenters. The highest BCUT2D eigenvalue weighted by Crippen LogP contribution is 2.42. The standard InChI is InChI=1S/C22H18ClNO4/c23-16-11-9-14(10-12-16)13-5-7-15(8-6-13)19-20(24(27)28)22(26)18-4-2-1-3-17(18)21(19)25/h1-4,9-13,15H,5-8H2. The molecule has 2 aromatic carbocycles. The number of fused-ring (bicyclic) bond motifs is 1. The number of carbonyl (C=O) groups excluding carboxylic acids is 2. The number of Topliss-reactive ketones (excluding diaryl/α,β-unsaturated/α-hetero) is 2. The quantitative estimate of drug-likeness (QED) is 0.527. The number of carbonyl (C=O) groups is 2. The van der Waals surface area contributed by atoms with E-state index in [1.165, 1.54) is 11.6 Å². The van der Waals surface area contributed by atoms with Crippen molar-refractivity contribution in [3.05, 3.63) is 91.6 Å². The maximum absolute atomic E-state index is 13.0. The summed E-state index contributed by atoms with van der Waals surface area (Å²) in [5, 5.41) is 12.3. The zero-order chi connectivity index (χ0) is 19.8. The Bertz CT molecular complexity index is 1000. The van der Waals surface area contributed by atoms with Crippen LogP contribution in [0, 0.1) is 16.0 Å². The summed E-state index contributed by atoms with van der Waals surface area (Å²) in [4.78, 5) is 36.7. The summed E-state index contributed by atoms with van der Waals surface area (Å²) in [6.45, 7) is 0. The lowest BCUT2D eigenvalue weighted by Gasteiger charge is -2.30. The van der Waals surface area contributed by atoms with Crippen molar-refractivity contribution in [1.29, 1.82) is 0 Å². The first-order valence-corrected chi connectivity index (χ1v) is 9.67. The number of nitrogens with zero attached hydrogens (tertiary/aromatic N) is 1. The van der Waals surface area contributed by atoms with Gasteiger partial charge in [-0.05, 0) is 55.2 Å². The summed E-state index contributed by atoms with van der Waals surface area (Å²) in [7, 11) is 0. The van der Waals surface area contributed by atoms with Crippen molar-refractivity contribution >= 4 is 23.2 Å². The summed E-state index contributed by atoms with van der Waals surface area (Å²) in [5.74, 6) is -0.976. The molecule has 0 spiro atoms. The SMILES string of the molecule is O=C1C(C2CCC(c3ccc(Cl)cc3)CC2)=C([N+](=O)[O-])C(=O)c2ccccc21. The van der Waals surface area contributed by atoms with Gasteiger partial charge in [0.05, 0.1) is 10.5 Å². The number of ketones is 2. The van der Waals surface area contributed by atoms with Gasteiger partial charge in [0.1, 0.15) is 0 Å². The van der Waals surface area contributed by atoms with E-state index in [0.29, 0.717) is 23.8 Å². The highest BCUT2D eigenvalue weighted by molar-refractivity contribution is 6.30. The molecule has 5 nitrogen and oxygen atoms in total. The van der Waals surface area contributed by atoms with Crippen molar-refractivity contribution in [3.8, 4) is 0 Å². The lowest BCUT2D eigenvalue weighted by atomic mass is 9.72. The molecule has 0 amide bonds. The van der Waals surface area contributed by atoms with Crippen LogP contribution in [0.2, 0.25) is 5.02 Å². The van der Waals surface area contributed by atoms with E-state index in [1.54, 1.807) is 18.2 Å². The highest BCUT2D eigenvalue weighted by atomic mass is 35.5. The molecule has 2 aromatic rings. The molecule has 0 bridgehead atoms. The van der Waals surface area contributed by atoms with E-state index in [-0.39, 0.29) is 28.4 Å². The number of allylic oxidation sites excluding steroid dienone is 2. The fourth-order valence-corrected chi connectivity index (χ4v) is 4.52. The Morgan fingerprint density at radius 1 is 0.821 bits per heavy atom. The van der Waals surface area contributed by atoms with Gasteiger partial charge in [-0.2, -0.15) is 0 Å². The molecule has 142 valence electrons. The van der Waals surface area contributed by atoms with Gasteiger partial charge in [-0.3, -0.25) is 19.7 Å². The lowest BCUT2D eigenvalue weighted by Crippen LogP contribution is -2.31. The molecule has 4 rings (SSSR count). The molecule has 0 radical (unpaired) electrons. The fourth-order valence-electron chi connectivity index (χ4n) is 4.39. The van der Waals surface area contributed by atoms with Crippen LogP contribution in [0.15, 0.2) is 59.8 Å². The molecular weight excluding hydrogens is 378 g/mol. The van der Waals surface area contributed by atoms with Gasteiger partial charge in [-0.15, -0.1) is 0 Å². The number of hydrogen-bond acceptors (Lipinski definition) is 4. The topological polar surface area (TPSA) is 77.3 Å². The molecule has 0 aromatic heterocycles. The normalized spacial score (nSPS) is 22.2. The number of benzene rings is 2. The predicted molar refractivity (Wildman–Crippen MR) is 105 cm³/mol. The summed E-state index contributed by atoms with van der Waals surface area (Å²) >= 11 is 5.95. The number of hydrogen-bond donors (Lipinski definition) is 0. The Morgan fingerprint density at radius 3 is 1.93 bits per heavy atom. The van der Waals surface area contributed by atoms with Gasteiger partial charge in [-0.1, -0.05) is 48.0 Å². The smallest absolute Gasteiger partial charge is 0.289 e. The summed E-state index contributed by atoms with van der Waals surface area (Å²) in [6.07, 6.45) is 2.90. The number of nitro groups is 1. The molecule has 0 saturated heterocycles. The van der Waals surface area contributed by atoms with Gasteiger partial charge in [0.2, 0.25) is 0 Å². The molecule has 0 N–H and O–H groups in total. The maximum atomic E-state index is 13.0. The van der Waals surface area contributed by atoms with Crippen LogP contribution < -0.4 is 0 Å².